The van der Waals surface area contributed by atoms with Gasteiger partial charge in [0.15, 0.2) is 0 Å². The first-order chi connectivity index (χ1) is 9.65. The van der Waals surface area contributed by atoms with Crippen molar-refractivity contribution in [2.45, 2.75) is 70.9 Å². The summed E-state index contributed by atoms with van der Waals surface area (Å²) in [6.07, 6.45) is 6.75. The summed E-state index contributed by atoms with van der Waals surface area (Å²) >= 11 is 0. The molecule has 1 heterocycles. The number of nitrogens with zero attached hydrogens (tertiary/aromatic N) is 2. The van der Waals surface area contributed by atoms with Crippen molar-refractivity contribution in [3.05, 3.63) is 0 Å². The first-order valence-corrected chi connectivity index (χ1v) is 8.11. The van der Waals surface area contributed by atoms with E-state index in [0.29, 0.717) is 12.8 Å². The monoisotopic (exact) mass is 277 g/mol. The van der Waals surface area contributed by atoms with Crippen LogP contribution in [0.3, 0.4) is 0 Å². The maximum atomic E-state index is 12.6. The zero-order valence-electron chi connectivity index (χ0n) is 12.8. The molecule has 0 aromatic carbocycles. The molecule has 0 aromatic rings. The first kappa shape index (κ1) is 15.3. The van der Waals surface area contributed by atoms with Gasteiger partial charge in [0, 0.05) is 25.2 Å². The quantitative estimate of drug-likeness (QED) is 0.777. The largest absolute Gasteiger partial charge is 0.351 e. The minimum absolute atomic E-state index is 0.0358. The highest BCUT2D eigenvalue weighted by atomic mass is 16.2. The average Bonchev–Trinajstić information content (AvgIpc) is 3.19. The van der Waals surface area contributed by atoms with Crippen LogP contribution in [0.15, 0.2) is 0 Å². The average molecular weight is 277 g/mol. The van der Waals surface area contributed by atoms with E-state index in [4.69, 9.17) is 0 Å². The Morgan fingerprint density at radius 1 is 1.30 bits per heavy atom. The second kappa shape index (κ2) is 6.58. The van der Waals surface area contributed by atoms with E-state index in [9.17, 15) is 10.1 Å². The molecule has 1 N–H and O–H groups in total. The van der Waals surface area contributed by atoms with Crippen molar-refractivity contribution in [2.75, 3.05) is 13.1 Å². The first-order valence-electron chi connectivity index (χ1n) is 8.11. The molecule has 1 aliphatic heterocycles. The number of hydrogen-bond acceptors (Lipinski definition) is 3. The summed E-state index contributed by atoms with van der Waals surface area (Å²) < 4.78 is 0. The molecule has 0 radical (unpaired) electrons. The van der Waals surface area contributed by atoms with Crippen LogP contribution in [0.2, 0.25) is 0 Å². The number of amides is 1. The number of nitrogens with one attached hydrogen (secondary N) is 1. The molecule has 1 saturated carbocycles. The van der Waals surface area contributed by atoms with Crippen LogP contribution >= 0.6 is 0 Å². The molecule has 2 fully saturated rings. The zero-order chi connectivity index (χ0) is 14.6. The van der Waals surface area contributed by atoms with Gasteiger partial charge in [0.1, 0.15) is 5.41 Å². The van der Waals surface area contributed by atoms with Crippen LogP contribution in [0.1, 0.15) is 58.8 Å². The zero-order valence-corrected chi connectivity index (χ0v) is 12.8. The van der Waals surface area contributed by atoms with Gasteiger partial charge in [-0.2, -0.15) is 5.26 Å². The summed E-state index contributed by atoms with van der Waals surface area (Å²) in [5, 5.41) is 12.7. The minimum atomic E-state index is -0.809. The summed E-state index contributed by atoms with van der Waals surface area (Å²) in [6.45, 7) is 6.14. The van der Waals surface area contributed by atoms with Crippen LogP contribution in [0.4, 0.5) is 0 Å². The number of likely N-dealkylation sites (tertiary alicyclic amines) is 1. The molecule has 2 aliphatic rings. The summed E-state index contributed by atoms with van der Waals surface area (Å²) in [6, 6.07) is 3.32. The molecule has 1 saturated heterocycles. The van der Waals surface area contributed by atoms with Gasteiger partial charge in [-0.1, -0.05) is 26.7 Å². The molecule has 1 aliphatic carbocycles. The molecular weight excluding hydrogens is 250 g/mol. The molecule has 112 valence electrons. The molecule has 1 atom stereocenters. The lowest BCUT2D eigenvalue weighted by molar-refractivity contribution is -0.129. The maximum Gasteiger partial charge on any atom is 0.240 e. The summed E-state index contributed by atoms with van der Waals surface area (Å²) in [5.41, 5.74) is -0.809. The highest BCUT2D eigenvalue weighted by Crippen LogP contribution is 2.32. The number of nitriles is 1. The van der Waals surface area contributed by atoms with Crippen LogP contribution in [0, 0.1) is 16.7 Å². The van der Waals surface area contributed by atoms with Crippen molar-refractivity contribution in [3.8, 4) is 6.07 Å². The van der Waals surface area contributed by atoms with E-state index in [0.717, 1.165) is 38.4 Å². The number of rotatable bonds is 7. The van der Waals surface area contributed by atoms with Crippen LogP contribution in [-0.4, -0.2) is 36.0 Å². The second-order valence-electron chi connectivity index (χ2n) is 6.38. The molecule has 0 bridgehead atoms. The third kappa shape index (κ3) is 3.32. The Kier molecular flexibility index (Phi) is 5.04. The lowest BCUT2D eigenvalue weighted by Gasteiger charge is -2.26. The van der Waals surface area contributed by atoms with Gasteiger partial charge in [-0.25, -0.2) is 0 Å². The van der Waals surface area contributed by atoms with Crippen LogP contribution < -0.4 is 5.32 Å². The Balaban J connectivity index is 1.92. The Hall–Kier alpha value is -1.08. The predicted molar refractivity (Wildman–Crippen MR) is 79.0 cm³/mol. The molecule has 1 amide bonds. The molecule has 0 spiro atoms. The third-order valence-electron chi connectivity index (χ3n) is 4.62. The Labute approximate surface area is 122 Å². The minimum Gasteiger partial charge on any atom is -0.351 e. The second-order valence-corrected chi connectivity index (χ2v) is 6.38. The third-order valence-corrected chi connectivity index (χ3v) is 4.62. The van der Waals surface area contributed by atoms with Crippen molar-refractivity contribution in [1.29, 1.82) is 5.26 Å². The summed E-state index contributed by atoms with van der Waals surface area (Å²) in [5.74, 6) is -0.0358. The van der Waals surface area contributed by atoms with E-state index in [-0.39, 0.29) is 11.9 Å². The standard InChI is InChI=1S/C16H27N3O/c1-3-8-16(12-17,9-4-2)15(20)18-13-7-10-19(11-13)14-5-6-14/h13-14H,3-11H2,1-2H3,(H,18,20). The van der Waals surface area contributed by atoms with E-state index in [1.165, 1.54) is 12.8 Å². The molecule has 4 heteroatoms. The fourth-order valence-corrected chi connectivity index (χ4v) is 3.37. The van der Waals surface area contributed by atoms with Crippen LogP contribution in [0.5, 0.6) is 0 Å². The topological polar surface area (TPSA) is 56.1 Å². The lowest BCUT2D eigenvalue weighted by Crippen LogP contribution is -2.46. The number of carbonyl (C=O) groups excluding carboxylic acids is 1. The highest BCUT2D eigenvalue weighted by Gasteiger charge is 2.40. The number of hydrogen-bond donors (Lipinski definition) is 1. The van der Waals surface area contributed by atoms with E-state index < -0.39 is 5.41 Å². The highest BCUT2D eigenvalue weighted by molar-refractivity contribution is 5.85. The molecule has 2 rings (SSSR count). The Morgan fingerprint density at radius 3 is 2.45 bits per heavy atom. The van der Waals surface area contributed by atoms with Crippen molar-refractivity contribution in [3.63, 3.8) is 0 Å². The van der Waals surface area contributed by atoms with Gasteiger partial charge in [-0.15, -0.1) is 0 Å². The van der Waals surface area contributed by atoms with Gasteiger partial charge in [0.25, 0.3) is 0 Å². The maximum absolute atomic E-state index is 12.6. The van der Waals surface area contributed by atoms with Gasteiger partial charge >= 0.3 is 0 Å². The van der Waals surface area contributed by atoms with Crippen LogP contribution in [0.25, 0.3) is 0 Å². The summed E-state index contributed by atoms with van der Waals surface area (Å²) in [7, 11) is 0. The SMILES string of the molecule is CCCC(C#N)(CCC)C(=O)NC1CCN(C2CC2)C1. The normalized spacial score (nSPS) is 23.6. The van der Waals surface area contributed by atoms with E-state index in [1.54, 1.807) is 0 Å². The van der Waals surface area contributed by atoms with Crippen molar-refractivity contribution < 1.29 is 4.79 Å². The van der Waals surface area contributed by atoms with Crippen LogP contribution in [-0.2, 0) is 4.79 Å². The van der Waals surface area contributed by atoms with Gasteiger partial charge in [0.2, 0.25) is 5.91 Å². The van der Waals surface area contributed by atoms with E-state index in [2.05, 4.69) is 16.3 Å². The van der Waals surface area contributed by atoms with Gasteiger partial charge < -0.3 is 5.32 Å². The molecule has 1 unspecified atom stereocenters. The summed E-state index contributed by atoms with van der Waals surface area (Å²) in [4.78, 5) is 15.1. The van der Waals surface area contributed by atoms with Crippen molar-refractivity contribution in [1.82, 2.24) is 10.2 Å². The fourth-order valence-electron chi connectivity index (χ4n) is 3.37. The molecule has 4 nitrogen and oxygen atoms in total. The van der Waals surface area contributed by atoms with Crippen molar-refractivity contribution >= 4 is 5.91 Å². The molecule has 0 aromatic heterocycles. The van der Waals surface area contributed by atoms with E-state index in [1.807, 2.05) is 13.8 Å². The Bertz CT molecular complexity index is 378. The van der Waals surface area contributed by atoms with Gasteiger partial charge in [0.05, 0.1) is 6.07 Å². The van der Waals surface area contributed by atoms with Gasteiger partial charge in [-0.05, 0) is 32.1 Å². The lowest BCUT2D eigenvalue weighted by atomic mass is 9.79. The Morgan fingerprint density at radius 2 is 1.95 bits per heavy atom. The smallest absolute Gasteiger partial charge is 0.240 e. The van der Waals surface area contributed by atoms with E-state index >= 15 is 0 Å². The molecule has 20 heavy (non-hydrogen) atoms. The fraction of sp³-hybridized carbons (Fsp3) is 0.875. The predicted octanol–water partition coefficient (Wildman–Crippen LogP) is 2.45. The van der Waals surface area contributed by atoms with Gasteiger partial charge in [-0.3, -0.25) is 9.69 Å². The number of carbonyl (C=O) groups is 1. The molecular formula is C16H27N3O. The van der Waals surface area contributed by atoms with Crippen molar-refractivity contribution in [2.24, 2.45) is 5.41 Å².